The van der Waals surface area contributed by atoms with Crippen LogP contribution in [-0.2, 0) is 9.53 Å². The predicted molar refractivity (Wildman–Crippen MR) is 87.0 cm³/mol. The molecule has 0 unspecified atom stereocenters. The van der Waals surface area contributed by atoms with Gasteiger partial charge in [0, 0.05) is 6.42 Å². The van der Waals surface area contributed by atoms with Gasteiger partial charge >= 0.3 is 12.1 Å². The smallest absolute Gasteiger partial charge is 0.425 e. The van der Waals surface area contributed by atoms with Gasteiger partial charge in [-0.25, -0.2) is 4.79 Å². The second-order valence-corrected chi connectivity index (χ2v) is 5.92. The summed E-state index contributed by atoms with van der Waals surface area (Å²) in [5.74, 6) is -1.93. The molecule has 136 valence electrons. The van der Waals surface area contributed by atoms with Crippen LogP contribution in [0.4, 0.5) is 13.2 Å². The lowest BCUT2D eigenvalue weighted by Crippen LogP contribution is -2.25. The summed E-state index contributed by atoms with van der Waals surface area (Å²) in [6, 6.07) is 0. The van der Waals surface area contributed by atoms with Gasteiger partial charge in [0.05, 0.1) is 0 Å². The van der Waals surface area contributed by atoms with E-state index in [-0.39, 0.29) is 5.76 Å². The molecule has 0 N–H and O–H groups in total. The van der Waals surface area contributed by atoms with Crippen molar-refractivity contribution in [3.63, 3.8) is 0 Å². The van der Waals surface area contributed by atoms with E-state index in [2.05, 4.69) is 18.6 Å². The van der Waals surface area contributed by atoms with Crippen LogP contribution in [0.5, 0.6) is 0 Å². The van der Waals surface area contributed by atoms with Gasteiger partial charge < -0.3 is 4.74 Å². The molecule has 0 aliphatic rings. The van der Waals surface area contributed by atoms with Crippen molar-refractivity contribution in [3.8, 4) is 0 Å². The first-order chi connectivity index (χ1) is 10.9. The highest BCUT2D eigenvalue weighted by atomic mass is 19.4. The number of hydrogen-bond acceptors (Lipinski definition) is 2. The minimum atomic E-state index is -4.93. The number of unbranched alkanes of at least 4 members (excludes halogenated alkanes) is 9. The third-order valence-corrected chi connectivity index (χ3v) is 3.66. The van der Waals surface area contributed by atoms with Crippen molar-refractivity contribution in [3.05, 3.63) is 11.8 Å². The Hall–Kier alpha value is -1.00. The van der Waals surface area contributed by atoms with Crippen molar-refractivity contribution in [2.45, 2.75) is 97.1 Å². The van der Waals surface area contributed by atoms with Crippen LogP contribution in [0.1, 0.15) is 90.9 Å². The van der Waals surface area contributed by atoms with Crippen molar-refractivity contribution in [2.24, 2.45) is 0 Å². The highest BCUT2D eigenvalue weighted by molar-refractivity contribution is 5.76. The van der Waals surface area contributed by atoms with Gasteiger partial charge in [-0.15, -0.1) is 0 Å². The molecule has 0 aromatic heterocycles. The summed E-state index contributed by atoms with van der Waals surface area (Å²) in [6.07, 6.45) is 8.26. The Kier molecular flexibility index (Phi) is 12.9. The number of alkyl halides is 3. The van der Waals surface area contributed by atoms with E-state index in [1.165, 1.54) is 6.42 Å². The highest BCUT2D eigenvalue weighted by Crippen LogP contribution is 2.21. The molecular formula is C18H31F3O2. The Morgan fingerprint density at radius 3 is 1.91 bits per heavy atom. The molecule has 0 saturated heterocycles. The lowest BCUT2D eigenvalue weighted by atomic mass is 10.1. The Morgan fingerprint density at radius 2 is 1.39 bits per heavy atom. The van der Waals surface area contributed by atoms with E-state index < -0.39 is 12.1 Å². The van der Waals surface area contributed by atoms with Crippen molar-refractivity contribution in [1.82, 2.24) is 0 Å². The van der Waals surface area contributed by atoms with Crippen LogP contribution in [0.25, 0.3) is 0 Å². The molecule has 0 aromatic carbocycles. The van der Waals surface area contributed by atoms with Crippen LogP contribution < -0.4 is 0 Å². The maximum Gasteiger partial charge on any atom is 0.491 e. The van der Waals surface area contributed by atoms with E-state index in [1.54, 1.807) is 6.08 Å². The van der Waals surface area contributed by atoms with Gasteiger partial charge in [0.2, 0.25) is 0 Å². The fraction of sp³-hybridized carbons (Fsp3) is 0.833. The molecule has 0 rings (SSSR count). The summed E-state index contributed by atoms with van der Waals surface area (Å²) >= 11 is 0. The lowest BCUT2D eigenvalue weighted by Gasteiger charge is -2.11. The SMILES string of the molecule is CCCCCCC/C=C(/CCCCCCC)OC(=O)C(F)(F)F. The highest BCUT2D eigenvalue weighted by Gasteiger charge is 2.41. The second-order valence-electron chi connectivity index (χ2n) is 5.92. The van der Waals surface area contributed by atoms with E-state index in [4.69, 9.17) is 0 Å². The number of ether oxygens (including phenoxy) is 1. The van der Waals surface area contributed by atoms with Crippen LogP contribution >= 0.6 is 0 Å². The fourth-order valence-electron chi connectivity index (χ4n) is 2.29. The summed E-state index contributed by atoms with van der Waals surface area (Å²) in [7, 11) is 0. The van der Waals surface area contributed by atoms with Gasteiger partial charge in [0.15, 0.2) is 0 Å². The van der Waals surface area contributed by atoms with Gasteiger partial charge in [-0.2, -0.15) is 13.2 Å². The Labute approximate surface area is 138 Å². The topological polar surface area (TPSA) is 26.3 Å². The largest absolute Gasteiger partial charge is 0.491 e. The van der Waals surface area contributed by atoms with Crippen molar-refractivity contribution < 1.29 is 22.7 Å². The van der Waals surface area contributed by atoms with Gasteiger partial charge in [-0.05, 0) is 25.3 Å². The third-order valence-electron chi connectivity index (χ3n) is 3.66. The quantitative estimate of drug-likeness (QED) is 0.212. The van der Waals surface area contributed by atoms with Crippen molar-refractivity contribution in [2.75, 3.05) is 0 Å². The normalized spacial score (nSPS) is 12.5. The van der Waals surface area contributed by atoms with Crippen LogP contribution in [0.15, 0.2) is 11.8 Å². The van der Waals surface area contributed by atoms with Crippen molar-refractivity contribution >= 4 is 5.97 Å². The van der Waals surface area contributed by atoms with E-state index in [0.717, 1.165) is 57.8 Å². The number of rotatable bonds is 13. The molecule has 23 heavy (non-hydrogen) atoms. The summed E-state index contributed by atoms with van der Waals surface area (Å²) < 4.78 is 41.5. The first kappa shape index (κ1) is 22.0. The number of esters is 1. The van der Waals surface area contributed by atoms with Gasteiger partial charge in [-0.3, -0.25) is 0 Å². The summed E-state index contributed by atoms with van der Waals surface area (Å²) in [5, 5.41) is 0. The van der Waals surface area contributed by atoms with Crippen LogP contribution in [-0.4, -0.2) is 12.1 Å². The molecule has 0 aromatic rings. The molecule has 0 amide bonds. The Morgan fingerprint density at radius 1 is 0.870 bits per heavy atom. The summed E-state index contributed by atoms with van der Waals surface area (Å²) in [5.41, 5.74) is 0. The number of carbonyl (C=O) groups is 1. The molecular weight excluding hydrogens is 305 g/mol. The number of carbonyl (C=O) groups excluding carboxylic acids is 1. The van der Waals surface area contributed by atoms with Crippen LogP contribution in [0, 0.1) is 0 Å². The first-order valence-corrected chi connectivity index (χ1v) is 8.89. The van der Waals surface area contributed by atoms with E-state index >= 15 is 0 Å². The molecule has 5 heteroatoms. The van der Waals surface area contributed by atoms with Gasteiger partial charge in [0.1, 0.15) is 5.76 Å². The number of hydrogen-bond donors (Lipinski definition) is 0. The molecule has 0 atom stereocenters. The van der Waals surface area contributed by atoms with Crippen LogP contribution in [0.3, 0.4) is 0 Å². The third kappa shape index (κ3) is 13.2. The van der Waals surface area contributed by atoms with E-state index in [9.17, 15) is 18.0 Å². The fourth-order valence-corrected chi connectivity index (χ4v) is 2.29. The molecule has 0 radical (unpaired) electrons. The molecule has 2 nitrogen and oxygen atoms in total. The minimum absolute atomic E-state index is 0.180. The molecule has 0 bridgehead atoms. The molecule has 0 aliphatic carbocycles. The van der Waals surface area contributed by atoms with Gasteiger partial charge in [0.25, 0.3) is 0 Å². The Bertz CT molecular complexity index is 336. The minimum Gasteiger partial charge on any atom is -0.425 e. The number of halogens is 3. The van der Waals surface area contributed by atoms with Gasteiger partial charge in [-0.1, -0.05) is 65.2 Å². The molecule has 0 aliphatic heterocycles. The number of allylic oxidation sites excluding steroid dienone is 2. The predicted octanol–water partition coefficient (Wildman–Crippen LogP) is 6.70. The molecule has 0 fully saturated rings. The maximum atomic E-state index is 12.3. The summed E-state index contributed by atoms with van der Waals surface area (Å²) in [6.45, 7) is 4.24. The monoisotopic (exact) mass is 336 g/mol. The zero-order valence-electron chi connectivity index (χ0n) is 14.5. The van der Waals surface area contributed by atoms with E-state index in [0.29, 0.717) is 12.8 Å². The molecule has 0 spiro atoms. The average Bonchev–Trinajstić information content (AvgIpc) is 2.49. The molecule has 0 saturated carbocycles. The zero-order chi connectivity index (χ0) is 17.6. The average molecular weight is 336 g/mol. The van der Waals surface area contributed by atoms with E-state index in [1.807, 2.05) is 0 Å². The second kappa shape index (κ2) is 13.4. The van der Waals surface area contributed by atoms with Crippen molar-refractivity contribution in [1.29, 1.82) is 0 Å². The standard InChI is InChI=1S/C18H31F3O2/c1-3-5-7-9-11-13-15-16(14-12-10-8-6-4-2)23-17(22)18(19,20)21/h15H,3-14H2,1-2H3/b16-15-. The lowest BCUT2D eigenvalue weighted by molar-refractivity contribution is -0.195. The maximum absolute atomic E-state index is 12.3. The zero-order valence-corrected chi connectivity index (χ0v) is 14.5. The first-order valence-electron chi connectivity index (χ1n) is 8.89. The van der Waals surface area contributed by atoms with Crippen LogP contribution in [0.2, 0.25) is 0 Å². The summed E-state index contributed by atoms with van der Waals surface area (Å²) in [4.78, 5) is 11.0. The molecule has 0 heterocycles. The Balaban J connectivity index is 4.27.